The first-order valence-electron chi connectivity index (χ1n) is 11.4. The minimum Gasteiger partial charge on any atom is -0.490 e. The van der Waals surface area contributed by atoms with E-state index in [1.54, 1.807) is 12.1 Å². The van der Waals surface area contributed by atoms with E-state index in [9.17, 15) is 4.79 Å². The smallest absolute Gasteiger partial charge is 0.255 e. The fourth-order valence-electron chi connectivity index (χ4n) is 3.57. The lowest BCUT2D eigenvalue weighted by Gasteiger charge is -2.17. The molecule has 1 aromatic heterocycles. The number of oxazole rings is 1. The van der Waals surface area contributed by atoms with Crippen LogP contribution < -0.4 is 19.5 Å². The number of anilines is 1. The quantitative estimate of drug-likeness (QED) is 0.318. The highest BCUT2D eigenvalue weighted by molar-refractivity contribution is 6.05. The summed E-state index contributed by atoms with van der Waals surface area (Å²) in [7, 11) is 0. The molecular weight excluding hydrogens is 432 g/mol. The second-order valence-corrected chi connectivity index (χ2v) is 7.62. The number of hydrogen-bond acceptors (Lipinski definition) is 6. The van der Waals surface area contributed by atoms with Gasteiger partial charge in [0.2, 0.25) is 11.6 Å². The van der Waals surface area contributed by atoms with Crippen LogP contribution in [0, 0.1) is 6.92 Å². The fraction of sp³-hybridized carbons (Fsp3) is 0.259. The van der Waals surface area contributed by atoms with E-state index in [-0.39, 0.29) is 5.91 Å². The first kappa shape index (κ1) is 23.2. The summed E-state index contributed by atoms with van der Waals surface area (Å²) >= 11 is 0. The summed E-state index contributed by atoms with van der Waals surface area (Å²) in [5.74, 6) is 1.70. The molecule has 1 amide bonds. The summed E-state index contributed by atoms with van der Waals surface area (Å²) in [6, 6.07) is 16.6. The van der Waals surface area contributed by atoms with Crippen LogP contribution in [0.3, 0.4) is 0 Å². The molecule has 0 spiro atoms. The molecule has 3 aromatic carbocycles. The maximum atomic E-state index is 13.0. The highest BCUT2D eigenvalue weighted by Crippen LogP contribution is 2.39. The number of aromatic nitrogens is 1. The molecule has 7 nitrogen and oxygen atoms in total. The van der Waals surface area contributed by atoms with Gasteiger partial charge in [0.1, 0.15) is 5.52 Å². The summed E-state index contributed by atoms with van der Waals surface area (Å²) in [5.41, 5.74) is 4.55. The molecule has 0 fully saturated rings. The zero-order valence-electron chi connectivity index (χ0n) is 19.8. The lowest BCUT2D eigenvalue weighted by atomic mass is 10.1. The molecule has 4 aromatic rings. The number of amides is 1. The van der Waals surface area contributed by atoms with Crippen molar-refractivity contribution in [2.75, 3.05) is 25.1 Å². The van der Waals surface area contributed by atoms with E-state index >= 15 is 0 Å². The van der Waals surface area contributed by atoms with Gasteiger partial charge in [0.25, 0.3) is 5.91 Å². The van der Waals surface area contributed by atoms with Crippen molar-refractivity contribution in [2.45, 2.75) is 27.7 Å². The summed E-state index contributed by atoms with van der Waals surface area (Å²) in [6.45, 7) is 8.99. The highest BCUT2D eigenvalue weighted by Gasteiger charge is 2.18. The molecule has 0 aliphatic rings. The number of carbonyl (C=O) groups excluding carboxylic acids is 1. The molecular formula is C27H28N2O5. The number of carbonyl (C=O) groups is 1. The Labute approximate surface area is 198 Å². The third kappa shape index (κ3) is 4.98. The molecule has 0 atom stereocenters. The number of ether oxygens (including phenoxy) is 3. The van der Waals surface area contributed by atoms with Crippen molar-refractivity contribution in [2.24, 2.45) is 0 Å². The van der Waals surface area contributed by atoms with E-state index in [2.05, 4.69) is 10.3 Å². The Morgan fingerprint density at radius 1 is 0.882 bits per heavy atom. The van der Waals surface area contributed by atoms with Gasteiger partial charge in [0, 0.05) is 16.8 Å². The van der Waals surface area contributed by atoms with Crippen LogP contribution in [-0.2, 0) is 0 Å². The van der Waals surface area contributed by atoms with Gasteiger partial charge < -0.3 is 23.9 Å². The predicted octanol–water partition coefficient (Wildman–Crippen LogP) is 6.25. The minimum absolute atomic E-state index is 0.282. The standard InChI is InChI=1S/C27H28N2O5/c1-5-31-23-15-19(16-24(32-6-2)25(23)33-7-3)26(30)28-20-11-9-18(10-12-20)27-29-21-13-8-17(4)14-22(21)34-27/h8-16H,5-7H2,1-4H3,(H,28,30). The summed E-state index contributed by atoms with van der Waals surface area (Å²) in [5, 5.41) is 2.92. The molecule has 4 rings (SSSR count). The topological polar surface area (TPSA) is 82.8 Å². The van der Waals surface area contributed by atoms with Crippen LogP contribution in [0.15, 0.2) is 59.0 Å². The van der Waals surface area contributed by atoms with Crippen LogP contribution in [0.4, 0.5) is 5.69 Å². The van der Waals surface area contributed by atoms with E-state index in [0.29, 0.717) is 54.2 Å². The van der Waals surface area contributed by atoms with Crippen LogP contribution in [-0.4, -0.2) is 30.7 Å². The number of nitrogens with one attached hydrogen (secondary N) is 1. The van der Waals surface area contributed by atoms with Gasteiger partial charge in [0.15, 0.2) is 17.1 Å². The van der Waals surface area contributed by atoms with Crippen molar-refractivity contribution in [3.05, 3.63) is 65.7 Å². The second-order valence-electron chi connectivity index (χ2n) is 7.62. The maximum absolute atomic E-state index is 13.0. The molecule has 1 N–H and O–H groups in total. The molecule has 7 heteroatoms. The van der Waals surface area contributed by atoms with E-state index in [0.717, 1.165) is 22.2 Å². The van der Waals surface area contributed by atoms with Crippen molar-refractivity contribution < 1.29 is 23.4 Å². The number of fused-ring (bicyclic) bond motifs is 1. The molecule has 0 radical (unpaired) electrons. The Hall–Kier alpha value is -4.00. The molecule has 1 heterocycles. The van der Waals surface area contributed by atoms with Gasteiger partial charge in [-0.2, -0.15) is 0 Å². The normalized spacial score (nSPS) is 10.8. The number of hydrogen-bond donors (Lipinski definition) is 1. The first-order chi connectivity index (χ1) is 16.5. The Morgan fingerprint density at radius 3 is 2.15 bits per heavy atom. The predicted molar refractivity (Wildman–Crippen MR) is 132 cm³/mol. The average Bonchev–Trinajstić information content (AvgIpc) is 3.25. The lowest BCUT2D eigenvalue weighted by Crippen LogP contribution is -2.13. The average molecular weight is 461 g/mol. The zero-order chi connectivity index (χ0) is 24.1. The van der Waals surface area contributed by atoms with Crippen molar-refractivity contribution in [1.29, 1.82) is 0 Å². The molecule has 0 unspecified atom stereocenters. The third-order valence-corrected chi connectivity index (χ3v) is 5.10. The van der Waals surface area contributed by atoms with Gasteiger partial charge in [-0.25, -0.2) is 4.98 Å². The summed E-state index contributed by atoms with van der Waals surface area (Å²) in [6.07, 6.45) is 0. The third-order valence-electron chi connectivity index (χ3n) is 5.10. The van der Waals surface area contributed by atoms with Crippen LogP contribution in [0.2, 0.25) is 0 Å². The molecule has 34 heavy (non-hydrogen) atoms. The highest BCUT2D eigenvalue weighted by atomic mass is 16.5. The van der Waals surface area contributed by atoms with Gasteiger partial charge in [-0.15, -0.1) is 0 Å². The Morgan fingerprint density at radius 2 is 1.53 bits per heavy atom. The van der Waals surface area contributed by atoms with E-state index in [1.807, 2.05) is 70.2 Å². The van der Waals surface area contributed by atoms with E-state index < -0.39 is 0 Å². The van der Waals surface area contributed by atoms with Crippen LogP contribution in [0.5, 0.6) is 17.2 Å². The van der Waals surface area contributed by atoms with Crippen molar-refractivity contribution in [3.8, 4) is 28.7 Å². The number of aryl methyl sites for hydroxylation is 1. The number of benzene rings is 3. The van der Waals surface area contributed by atoms with Gasteiger partial charge in [-0.3, -0.25) is 4.79 Å². The SMILES string of the molecule is CCOc1cc(C(=O)Nc2ccc(-c3nc4ccc(C)cc4o3)cc2)cc(OCC)c1OCC. The van der Waals surface area contributed by atoms with Crippen molar-refractivity contribution in [1.82, 2.24) is 4.98 Å². The molecule has 0 aliphatic heterocycles. The molecule has 176 valence electrons. The summed E-state index contributed by atoms with van der Waals surface area (Å²) < 4.78 is 23.0. The van der Waals surface area contributed by atoms with Crippen LogP contribution in [0.25, 0.3) is 22.6 Å². The molecule has 0 saturated heterocycles. The Kier molecular flexibility index (Phi) is 7.01. The number of nitrogens with zero attached hydrogens (tertiary/aromatic N) is 1. The second kappa shape index (κ2) is 10.3. The first-order valence-corrected chi connectivity index (χ1v) is 11.4. The van der Waals surface area contributed by atoms with Crippen molar-refractivity contribution >= 4 is 22.7 Å². The maximum Gasteiger partial charge on any atom is 0.255 e. The Balaban J connectivity index is 1.56. The van der Waals surface area contributed by atoms with Crippen LogP contribution in [0.1, 0.15) is 36.7 Å². The van der Waals surface area contributed by atoms with Gasteiger partial charge in [0.05, 0.1) is 19.8 Å². The monoisotopic (exact) mass is 460 g/mol. The van der Waals surface area contributed by atoms with E-state index in [1.165, 1.54) is 0 Å². The minimum atomic E-state index is -0.282. The van der Waals surface area contributed by atoms with Crippen molar-refractivity contribution in [3.63, 3.8) is 0 Å². The van der Waals surface area contributed by atoms with Gasteiger partial charge >= 0.3 is 0 Å². The fourth-order valence-corrected chi connectivity index (χ4v) is 3.57. The largest absolute Gasteiger partial charge is 0.490 e. The molecule has 0 bridgehead atoms. The van der Waals surface area contributed by atoms with Gasteiger partial charge in [-0.05, 0) is 81.8 Å². The van der Waals surface area contributed by atoms with E-state index in [4.69, 9.17) is 18.6 Å². The number of rotatable bonds is 9. The lowest BCUT2D eigenvalue weighted by molar-refractivity contribution is 0.102. The van der Waals surface area contributed by atoms with Gasteiger partial charge in [-0.1, -0.05) is 6.07 Å². The molecule has 0 saturated carbocycles. The van der Waals surface area contributed by atoms with Crippen LogP contribution >= 0.6 is 0 Å². The molecule has 0 aliphatic carbocycles. The summed E-state index contributed by atoms with van der Waals surface area (Å²) in [4.78, 5) is 17.6. The Bertz CT molecular complexity index is 1270. The zero-order valence-corrected chi connectivity index (χ0v) is 19.8.